The molecule has 14 heavy (non-hydrogen) atoms. The molecule has 3 N–H and O–H groups in total. The maximum atomic E-state index is 11.2. The Bertz CT molecular complexity index is 325. The van der Waals surface area contributed by atoms with E-state index < -0.39 is 27.8 Å². The van der Waals surface area contributed by atoms with E-state index in [1.54, 1.807) is 0 Å². The zero-order valence-electron chi connectivity index (χ0n) is 7.81. The first kappa shape index (κ1) is 13.3. The van der Waals surface area contributed by atoms with E-state index in [2.05, 4.69) is 21.7 Å². The molecule has 0 aromatic heterocycles. The fraction of sp³-hybridized carbons (Fsp3) is 0.667. The molecule has 0 aliphatic carbocycles. The number of sulfonamides is 1. The molecule has 0 fully saturated rings. The molecule has 82 valence electrons. The number of ether oxygens (including phenoxy) is 1. The Balaban J connectivity index is 4.37. The van der Waals surface area contributed by atoms with Crippen molar-refractivity contribution in [1.29, 1.82) is 0 Å². The van der Waals surface area contributed by atoms with Crippen LogP contribution in [0.15, 0.2) is 0 Å². The van der Waals surface area contributed by atoms with Crippen molar-refractivity contribution < 1.29 is 17.9 Å². The smallest absolute Gasteiger partial charge is 0.323 e. The van der Waals surface area contributed by atoms with Gasteiger partial charge in [-0.1, -0.05) is 12.2 Å². The van der Waals surface area contributed by atoms with Crippen LogP contribution >= 0.6 is 12.2 Å². The lowest BCUT2D eigenvalue weighted by Crippen LogP contribution is -2.42. The number of esters is 1. The Morgan fingerprint density at radius 1 is 1.64 bits per heavy atom. The number of thiocarbonyl (C=S) groups is 1. The van der Waals surface area contributed by atoms with Gasteiger partial charge in [0, 0.05) is 0 Å². The quantitative estimate of drug-likeness (QED) is 0.460. The normalized spacial score (nSPS) is 13.3. The number of methoxy groups -OCH3 is 1. The van der Waals surface area contributed by atoms with Gasteiger partial charge in [-0.05, 0) is 6.92 Å². The van der Waals surface area contributed by atoms with E-state index in [4.69, 9.17) is 5.73 Å². The van der Waals surface area contributed by atoms with Crippen LogP contribution in [0.1, 0.15) is 6.92 Å². The van der Waals surface area contributed by atoms with Gasteiger partial charge in [-0.25, -0.2) is 13.1 Å². The van der Waals surface area contributed by atoms with Crippen LogP contribution in [0.3, 0.4) is 0 Å². The van der Waals surface area contributed by atoms with Gasteiger partial charge in [-0.2, -0.15) is 0 Å². The average molecular weight is 240 g/mol. The predicted molar refractivity (Wildman–Crippen MR) is 55.2 cm³/mol. The van der Waals surface area contributed by atoms with E-state index in [1.807, 2.05) is 0 Å². The van der Waals surface area contributed by atoms with Crippen molar-refractivity contribution in [2.24, 2.45) is 5.73 Å². The van der Waals surface area contributed by atoms with Crippen molar-refractivity contribution in [3.05, 3.63) is 0 Å². The van der Waals surface area contributed by atoms with Crippen molar-refractivity contribution in [2.75, 3.05) is 12.9 Å². The fourth-order valence-electron chi connectivity index (χ4n) is 0.723. The van der Waals surface area contributed by atoms with Gasteiger partial charge < -0.3 is 10.5 Å². The standard InChI is InChI=1S/C6H12N2O4S2/c1-4(6(9)12-2)8-14(10,11)3-5(7)13/h4,8H,3H2,1-2H3,(H2,7,13). The molecule has 1 unspecified atom stereocenters. The highest BCUT2D eigenvalue weighted by Gasteiger charge is 2.20. The van der Waals surface area contributed by atoms with Gasteiger partial charge in [0.15, 0.2) is 0 Å². The number of carbonyl (C=O) groups excluding carboxylic acids is 1. The largest absolute Gasteiger partial charge is 0.468 e. The summed E-state index contributed by atoms with van der Waals surface area (Å²) in [5, 5.41) is 0. The number of hydrogen-bond acceptors (Lipinski definition) is 5. The van der Waals surface area contributed by atoms with Gasteiger partial charge in [0.2, 0.25) is 10.0 Å². The minimum Gasteiger partial charge on any atom is -0.468 e. The summed E-state index contributed by atoms with van der Waals surface area (Å²) in [5.41, 5.74) is 5.06. The van der Waals surface area contributed by atoms with Gasteiger partial charge in [0.05, 0.1) is 12.1 Å². The minimum absolute atomic E-state index is 0.158. The van der Waals surface area contributed by atoms with E-state index in [0.29, 0.717) is 0 Å². The molecule has 0 rings (SSSR count). The average Bonchev–Trinajstić information content (AvgIpc) is 1.99. The van der Waals surface area contributed by atoms with E-state index in [-0.39, 0.29) is 4.99 Å². The Morgan fingerprint density at radius 3 is 2.50 bits per heavy atom. The Kier molecular flexibility index (Phi) is 4.95. The molecule has 0 aliphatic heterocycles. The highest BCUT2D eigenvalue weighted by molar-refractivity contribution is 7.92. The monoisotopic (exact) mass is 240 g/mol. The molecule has 0 aromatic rings. The summed E-state index contributed by atoms with van der Waals surface area (Å²) in [6.45, 7) is 1.36. The maximum absolute atomic E-state index is 11.2. The van der Waals surface area contributed by atoms with E-state index in [0.717, 1.165) is 0 Å². The molecular formula is C6H12N2O4S2. The first-order chi connectivity index (χ1) is 6.28. The van der Waals surface area contributed by atoms with Crippen LogP contribution in [0, 0.1) is 0 Å². The molecule has 0 aromatic carbocycles. The highest BCUT2D eigenvalue weighted by atomic mass is 32.2. The van der Waals surface area contributed by atoms with E-state index in [9.17, 15) is 13.2 Å². The number of carbonyl (C=O) groups is 1. The van der Waals surface area contributed by atoms with Crippen molar-refractivity contribution >= 4 is 33.2 Å². The van der Waals surface area contributed by atoms with Crippen LogP contribution < -0.4 is 10.5 Å². The van der Waals surface area contributed by atoms with Crippen molar-refractivity contribution in [2.45, 2.75) is 13.0 Å². The number of nitrogens with one attached hydrogen (secondary N) is 1. The summed E-state index contributed by atoms with van der Waals surface area (Å²) in [4.78, 5) is 10.7. The zero-order chi connectivity index (χ0) is 11.4. The molecule has 0 saturated heterocycles. The molecule has 8 heteroatoms. The molecular weight excluding hydrogens is 228 g/mol. The minimum atomic E-state index is -3.65. The lowest BCUT2D eigenvalue weighted by atomic mass is 10.4. The molecule has 0 spiro atoms. The first-order valence-electron chi connectivity index (χ1n) is 3.64. The van der Waals surface area contributed by atoms with Gasteiger partial charge in [-0.3, -0.25) is 4.79 Å². The lowest BCUT2D eigenvalue weighted by molar-refractivity contribution is -0.142. The van der Waals surface area contributed by atoms with Crippen LogP contribution in [0.25, 0.3) is 0 Å². The number of hydrogen-bond donors (Lipinski definition) is 2. The van der Waals surface area contributed by atoms with Crippen molar-refractivity contribution in [3.63, 3.8) is 0 Å². The molecule has 0 aliphatic rings. The highest BCUT2D eigenvalue weighted by Crippen LogP contribution is 1.92. The summed E-state index contributed by atoms with van der Waals surface area (Å²) in [6, 6.07) is -0.945. The maximum Gasteiger partial charge on any atom is 0.323 e. The predicted octanol–water partition coefficient (Wildman–Crippen LogP) is -1.25. The van der Waals surface area contributed by atoms with Crippen LogP contribution in [-0.4, -0.2) is 38.3 Å². The van der Waals surface area contributed by atoms with Crippen molar-refractivity contribution in [1.82, 2.24) is 4.72 Å². The number of nitrogens with two attached hydrogens (primary N) is 1. The topological polar surface area (TPSA) is 98.5 Å². The third kappa shape index (κ3) is 5.10. The number of rotatable bonds is 5. The van der Waals surface area contributed by atoms with Crippen LogP contribution in [0.4, 0.5) is 0 Å². The third-order valence-corrected chi connectivity index (χ3v) is 2.97. The van der Waals surface area contributed by atoms with Gasteiger partial charge in [0.25, 0.3) is 0 Å². The van der Waals surface area contributed by atoms with E-state index in [1.165, 1.54) is 14.0 Å². The SMILES string of the molecule is COC(=O)C(C)NS(=O)(=O)CC(N)=S. The van der Waals surface area contributed by atoms with E-state index >= 15 is 0 Å². The second kappa shape index (κ2) is 5.23. The summed E-state index contributed by atoms with van der Waals surface area (Å²) in [5.74, 6) is -1.15. The molecule has 1 atom stereocenters. The van der Waals surface area contributed by atoms with Gasteiger partial charge in [-0.15, -0.1) is 0 Å². The fourth-order valence-corrected chi connectivity index (χ4v) is 2.28. The Morgan fingerprint density at radius 2 is 2.14 bits per heavy atom. The second-order valence-corrected chi connectivity index (χ2v) is 4.87. The molecule has 6 nitrogen and oxygen atoms in total. The summed E-state index contributed by atoms with van der Waals surface area (Å²) in [7, 11) is -2.48. The van der Waals surface area contributed by atoms with Crippen LogP contribution in [0.5, 0.6) is 0 Å². The first-order valence-corrected chi connectivity index (χ1v) is 5.70. The second-order valence-electron chi connectivity index (χ2n) is 2.59. The molecule has 0 amide bonds. The van der Waals surface area contributed by atoms with Crippen molar-refractivity contribution in [3.8, 4) is 0 Å². The lowest BCUT2D eigenvalue weighted by Gasteiger charge is -2.11. The molecule has 0 radical (unpaired) electrons. The van der Waals surface area contributed by atoms with Gasteiger partial charge in [0.1, 0.15) is 11.8 Å². The Hall–Kier alpha value is -0.730. The third-order valence-electron chi connectivity index (χ3n) is 1.24. The molecule has 0 bridgehead atoms. The van der Waals surface area contributed by atoms with Gasteiger partial charge >= 0.3 is 5.97 Å². The molecule has 0 heterocycles. The summed E-state index contributed by atoms with van der Waals surface area (Å²) >= 11 is 4.43. The Labute approximate surface area is 87.8 Å². The summed E-state index contributed by atoms with van der Waals surface area (Å²) in [6.07, 6.45) is 0. The van der Waals surface area contributed by atoms with Crippen LogP contribution in [-0.2, 0) is 19.6 Å². The van der Waals surface area contributed by atoms with Crippen LogP contribution in [0.2, 0.25) is 0 Å². The zero-order valence-corrected chi connectivity index (χ0v) is 9.44. The molecule has 0 saturated carbocycles. The summed E-state index contributed by atoms with van der Waals surface area (Å²) < 4.78 is 28.8.